The van der Waals surface area contributed by atoms with E-state index >= 15 is 0 Å². The molecule has 3 aromatic carbocycles. The van der Waals surface area contributed by atoms with E-state index in [-0.39, 0.29) is 5.91 Å². The number of hydrogen-bond acceptors (Lipinski definition) is 4. The summed E-state index contributed by atoms with van der Waals surface area (Å²) in [7, 11) is 0. The topological polar surface area (TPSA) is 51.2 Å². The Morgan fingerprint density at radius 1 is 0.844 bits per heavy atom. The number of benzene rings is 3. The molecule has 1 saturated heterocycles. The average molecular weight is 441 g/mol. The van der Waals surface area contributed by atoms with E-state index in [0.29, 0.717) is 26.1 Å². The highest BCUT2D eigenvalue weighted by molar-refractivity contribution is 7.13. The minimum Gasteiger partial charge on any atom is -0.381 e. The number of carbonyl (C=O) groups is 1. The van der Waals surface area contributed by atoms with Crippen molar-refractivity contribution < 1.29 is 9.53 Å². The van der Waals surface area contributed by atoms with Crippen LogP contribution in [-0.4, -0.2) is 24.1 Å². The van der Waals surface area contributed by atoms with Crippen LogP contribution in [-0.2, 0) is 14.9 Å². The lowest BCUT2D eigenvalue weighted by Crippen LogP contribution is -2.44. The fourth-order valence-electron chi connectivity index (χ4n) is 4.22. The van der Waals surface area contributed by atoms with Gasteiger partial charge in [-0.1, -0.05) is 72.8 Å². The maximum atomic E-state index is 13.4. The van der Waals surface area contributed by atoms with Crippen molar-refractivity contribution in [3.8, 4) is 21.8 Å². The van der Waals surface area contributed by atoms with Crippen LogP contribution in [0.4, 0.5) is 5.69 Å². The number of hydrogen-bond donors (Lipinski definition) is 1. The third-order valence-corrected chi connectivity index (χ3v) is 6.96. The van der Waals surface area contributed by atoms with Gasteiger partial charge >= 0.3 is 0 Å². The van der Waals surface area contributed by atoms with Crippen LogP contribution in [0.1, 0.15) is 18.4 Å². The van der Waals surface area contributed by atoms with Crippen molar-refractivity contribution in [3.63, 3.8) is 0 Å². The second-order valence-corrected chi connectivity index (χ2v) is 8.85. The monoisotopic (exact) mass is 440 g/mol. The molecular formula is C27H24N2O2S. The van der Waals surface area contributed by atoms with Crippen LogP contribution in [0, 0.1) is 0 Å². The molecule has 1 fully saturated rings. The first-order valence-electron chi connectivity index (χ1n) is 10.8. The van der Waals surface area contributed by atoms with Gasteiger partial charge in [0.1, 0.15) is 5.01 Å². The fourth-order valence-corrected chi connectivity index (χ4v) is 5.05. The summed E-state index contributed by atoms with van der Waals surface area (Å²) in [4.78, 5) is 18.2. The molecule has 1 aromatic heterocycles. The highest BCUT2D eigenvalue weighted by Crippen LogP contribution is 2.36. The van der Waals surface area contributed by atoms with E-state index < -0.39 is 5.41 Å². The van der Waals surface area contributed by atoms with Gasteiger partial charge in [0.2, 0.25) is 5.91 Å². The largest absolute Gasteiger partial charge is 0.381 e. The van der Waals surface area contributed by atoms with Crippen molar-refractivity contribution in [2.45, 2.75) is 18.3 Å². The molecule has 1 aliphatic rings. The van der Waals surface area contributed by atoms with Crippen LogP contribution in [0.5, 0.6) is 0 Å². The minimum absolute atomic E-state index is 0.0276. The zero-order valence-electron chi connectivity index (χ0n) is 17.7. The lowest BCUT2D eigenvalue weighted by Gasteiger charge is -2.36. The smallest absolute Gasteiger partial charge is 0.235 e. The highest BCUT2D eigenvalue weighted by atomic mass is 32.1. The number of nitrogens with zero attached hydrogens (tertiary/aromatic N) is 1. The van der Waals surface area contributed by atoms with Gasteiger partial charge in [-0.3, -0.25) is 4.79 Å². The summed E-state index contributed by atoms with van der Waals surface area (Å²) in [6.45, 7) is 1.18. The summed E-state index contributed by atoms with van der Waals surface area (Å²) >= 11 is 1.64. The number of anilines is 1. The maximum absolute atomic E-state index is 13.4. The molecule has 4 aromatic rings. The van der Waals surface area contributed by atoms with Gasteiger partial charge in [-0.2, -0.15) is 0 Å². The normalized spacial score (nSPS) is 15.2. The van der Waals surface area contributed by atoms with E-state index in [2.05, 4.69) is 22.8 Å². The van der Waals surface area contributed by atoms with Crippen LogP contribution in [0.3, 0.4) is 0 Å². The number of ether oxygens (including phenoxy) is 1. The molecule has 0 unspecified atom stereocenters. The van der Waals surface area contributed by atoms with E-state index in [4.69, 9.17) is 9.72 Å². The molecule has 0 saturated carbocycles. The van der Waals surface area contributed by atoms with Crippen LogP contribution >= 0.6 is 11.3 Å². The van der Waals surface area contributed by atoms with Crippen molar-refractivity contribution in [1.82, 2.24) is 4.98 Å². The fraction of sp³-hybridized carbons (Fsp3) is 0.185. The number of thiazole rings is 1. The number of amides is 1. The molecular weight excluding hydrogens is 416 g/mol. The van der Waals surface area contributed by atoms with E-state index in [9.17, 15) is 4.79 Å². The van der Waals surface area contributed by atoms with E-state index in [1.54, 1.807) is 11.3 Å². The van der Waals surface area contributed by atoms with Gasteiger partial charge in [0.25, 0.3) is 0 Å². The summed E-state index contributed by atoms with van der Waals surface area (Å²) in [5.41, 5.74) is 4.38. The molecule has 160 valence electrons. The van der Waals surface area contributed by atoms with Crippen molar-refractivity contribution in [2.24, 2.45) is 0 Å². The molecule has 1 aliphatic heterocycles. The summed E-state index contributed by atoms with van der Waals surface area (Å²) in [5, 5.41) is 6.22. The Bertz CT molecular complexity index is 1180. The molecule has 0 bridgehead atoms. The lowest BCUT2D eigenvalue weighted by molar-refractivity contribution is -0.125. The molecule has 0 radical (unpaired) electrons. The third-order valence-electron chi connectivity index (χ3n) is 6.07. The van der Waals surface area contributed by atoms with Crippen LogP contribution < -0.4 is 5.32 Å². The molecule has 4 nitrogen and oxygen atoms in total. The Kier molecular flexibility index (Phi) is 5.84. The van der Waals surface area contributed by atoms with Gasteiger partial charge in [-0.05, 0) is 30.5 Å². The van der Waals surface area contributed by atoms with E-state index in [0.717, 1.165) is 33.1 Å². The number of nitrogens with one attached hydrogen (secondary N) is 1. The number of carbonyl (C=O) groups excluding carboxylic acids is 1. The van der Waals surface area contributed by atoms with Gasteiger partial charge < -0.3 is 10.1 Å². The molecule has 0 atom stereocenters. The Morgan fingerprint density at radius 3 is 2.19 bits per heavy atom. The van der Waals surface area contributed by atoms with Crippen molar-refractivity contribution in [3.05, 3.63) is 95.9 Å². The molecule has 1 N–H and O–H groups in total. The molecule has 5 rings (SSSR count). The first kappa shape index (κ1) is 20.6. The third kappa shape index (κ3) is 4.09. The quantitative estimate of drug-likeness (QED) is 0.404. The van der Waals surface area contributed by atoms with Crippen LogP contribution in [0.15, 0.2) is 90.3 Å². The summed E-state index contributed by atoms with van der Waals surface area (Å²) in [6, 6.07) is 28.2. The van der Waals surface area contributed by atoms with Gasteiger partial charge in [-0.25, -0.2) is 4.98 Å². The zero-order chi connectivity index (χ0) is 21.8. The Hall–Kier alpha value is -3.28. The first-order chi connectivity index (χ1) is 15.7. The van der Waals surface area contributed by atoms with Gasteiger partial charge in [0, 0.05) is 35.4 Å². The summed E-state index contributed by atoms with van der Waals surface area (Å²) < 4.78 is 5.56. The number of aromatic nitrogens is 1. The number of rotatable bonds is 5. The predicted octanol–water partition coefficient (Wildman–Crippen LogP) is 6.16. The zero-order valence-corrected chi connectivity index (χ0v) is 18.5. The second-order valence-electron chi connectivity index (χ2n) is 8.00. The molecule has 1 amide bonds. The Balaban J connectivity index is 1.34. The Morgan fingerprint density at radius 2 is 1.50 bits per heavy atom. The second kappa shape index (κ2) is 9.07. The minimum atomic E-state index is -0.558. The van der Waals surface area contributed by atoms with Crippen molar-refractivity contribution >= 4 is 22.9 Å². The standard InChI is InChI=1S/C27H24N2O2S/c30-26(27(15-17-31-18-16-27)22-9-5-2-6-10-22)28-23-13-11-20(12-14-23)24-19-32-25(29-24)21-7-3-1-4-8-21/h1-14,19H,15-18H2,(H,28,30). The first-order valence-corrected chi connectivity index (χ1v) is 11.7. The van der Waals surface area contributed by atoms with Gasteiger partial charge in [-0.15, -0.1) is 11.3 Å². The summed E-state index contributed by atoms with van der Waals surface area (Å²) in [5.74, 6) is 0.0276. The van der Waals surface area contributed by atoms with Crippen LogP contribution in [0.25, 0.3) is 21.8 Å². The predicted molar refractivity (Wildman–Crippen MR) is 130 cm³/mol. The van der Waals surface area contributed by atoms with Crippen molar-refractivity contribution in [2.75, 3.05) is 18.5 Å². The Labute approximate surface area is 191 Å². The highest BCUT2D eigenvalue weighted by Gasteiger charge is 2.41. The van der Waals surface area contributed by atoms with Crippen molar-refractivity contribution in [1.29, 1.82) is 0 Å². The molecule has 5 heteroatoms. The van der Waals surface area contributed by atoms with E-state index in [1.807, 2.05) is 72.8 Å². The lowest BCUT2D eigenvalue weighted by atomic mass is 9.73. The molecule has 2 heterocycles. The molecule has 32 heavy (non-hydrogen) atoms. The SMILES string of the molecule is O=C(Nc1ccc(-c2csc(-c3ccccc3)n2)cc1)C1(c2ccccc2)CCOCC1. The molecule has 0 aliphatic carbocycles. The van der Waals surface area contributed by atoms with Gasteiger partial charge in [0.05, 0.1) is 11.1 Å². The van der Waals surface area contributed by atoms with E-state index in [1.165, 1.54) is 0 Å². The molecule has 0 spiro atoms. The average Bonchev–Trinajstić information content (AvgIpc) is 3.36. The van der Waals surface area contributed by atoms with Gasteiger partial charge in [0.15, 0.2) is 0 Å². The summed E-state index contributed by atoms with van der Waals surface area (Å²) in [6.07, 6.45) is 1.37. The maximum Gasteiger partial charge on any atom is 0.235 e. The van der Waals surface area contributed by atoms with Crippen LogP contribution in [0.2, 0.25) is 0 Å².